The Balaban J connectivity index is 0.767. The van der Waals surface area contributed by atoms with Crippen molar-refractivity contribution >= 4 is 93.9 Å². The molecule has 5 heterocycles. The fraction of sp³-hybridized carbons (Fsp3) is 0.485. The highest BCUT2D eigenvalue weighted by Crippen LogP contribution is 2.46. The maximum Gasteiger partial charge on any atom is 0.407 e. The minimum atomic E-state index is -2.09. The fourth-order valence-electron chi connectivity index (χ4n) is 12.1. The van der Waals surface area contributed by atoms with Crippen LogP contribution in [0.4, 0.5) is 9.18 Å². The zero-order valence-electron chi connectivity index (χ0n) is 57.8. The van der Waals surface area contributed by atoms with Gasteiger partial charge in [-0.05, 0) is 60.9 Å². The van der Waals surface area contributed by atoms with Crippen LogP contribution < -0.4 is 53.8 Å². The standard InChI is InChI=1S/C66H82FN15O22/c1-8-66(100)37-19-43-55-35(24-82(43)62(96)36(37)29-103-64(66)98)54-39(15-14-34-32(2)38(67)20-41(75-55)53(34)54)73-49(88)30-102-31-72-47(86)22-71-60(95)42(18-33-12-10-9-11-13-33)74-48(87)23-69-46(85)21-70-59(94)40(76-65(99)101-7)16-17-45(84)77-61-57(93)56(92)58(104-61)63(97)81(6)28-52(91)80(5)27-51(90)79(4)26-50(89)78(3)25-44(68)83/h9-13,19-20,39-40,42,56-58,61,92-93,100H,8,14-18,21-31H2,1-7H3,(H2,68,83)(H,69,85)(H,70,94)(H,71,95)(H,72,86)(H,73,88)(H,74,87)(H,76,99)(H,77,84)/t39-,40-,42-,56-,57+,58-,61?,66-/m0/s1. The molecule has 2 aromatic heterocycles. The Labute approximate surface area is 592 Å². The van der Waals surface area contributed by atoms with Crippen molar-refractivity contribution < 1.29 is 106 Å². The first-order chi connectivity index (χ1) is 49.2. The molecular formula is C66H82FN15O22. The lowest BCUT2D eigenvalue weighted by Crippen LogP contribution is -2.53. The van der Waals surface area contributed by atoms with Crippen LogP contribution in [0.15, 0.2) is 47.3 Å². The first-order valence-electron chi connectivity index (χ1n) is 32.8. The molecule has 37 nitrogen and oxygen atoms in total. The first kappa shape index (κ1) is 78.6. The summed E-state index contributed by atoms with van der Waals surface area (Å²) in [4.78, 5) is 203. The van der Waals surface area contributed by atoms with Crippen molar-refractivity contribution in [2.24, 2.45) is 5.73 Å². The molecule has 38 heteroatoms. The molecule has 1 fully saturated rings. The van der Waals surface area contributed by atoms with E-state index in [1.165, 1.54) is 37.8 Å². The second kappa shape index (κ2) is 34.3. The van der Waals surface area contributed by atoms with Crippen LogP contribution >= 0.6 is 0 Å². The van der Waals surface area contributed by atoms with E-state index in [0.717, 1.165) is 33.8 Å². The second-order valence-corrected chi connectivity index (χ2v) is 25.2. The molecule has 0 spiro atoms. The molecule has 1 aliphatic carbocycles. The topological polar surface area (TPSA) is 507 Å². The summed E-state index contributed by atoms with van der Waals surface area (Å²) < 4.78 is 37.7. The lowest BCUT2D eigenvalue weighted by molar-refractivity contribution is -0.172. The SMILES string of the molecule is CC[C@@]1(O)C(=O)OCc2c1cc1n(c2=O)Cc2c-1nc1cc(F)c(C)c3c1c2[C@@H](NC(=O)COCNC(=O)CNC(=O)[C@H](Cc1ccccc1)NC(=O)CNC(=O)CNC(=O)[C@H](CCC(=O)NC1O[C@H](C(=O)N(C)CC(=O)N(C)CC(=O)N(C)CC(=O)N(C)CC(N)=O)[C@@H](O)[C@H]1O)NC(=O)OC)CC3. The summed E-state index contributed by atoms with van der Waals surface area (Å²) in [6, 6.07) is 7.68. The number of amides is 13. The zero-order valence-corrected chi connectivity index (χ0v) is 57.8. The number of hydrogen-bond acceptors (Lipinski definition) is 23. The van der Waals surface area contributed by atoms with Crippen LogP contribution in [0.25, 0.3) is 22.3 Å². The molecule has 4 aromatic rings. The highest BCUT2D eigenvalue weighted by molar-refractivity contribution is 5.97. The van der Waals surface area contributed by atoms with E-state index >= 15 is 4.39 Å². The second-order valence-electron chi connectivity index (χ2n) is 25.2. The Morgan fingerprint density at radius 3 is 2.00 bits per heavy atom. The number of carbonyl (C=O) groups excluding carboxylic acids is 14. The molecule has 104 heavy (non-hydrogen) atoms. The number of halogens is 1. The Morgan fingerprint density at radius 1 is 0.750 bits per heavy atom. The van der Waals surface area contributed by atoms with E-state index in [1.807, 2.05) is 0 Å². The molecule has 0 saturated carbocycles. The number of cyclic esters (lactones) is 1. The van der Waals surface area contributed by atoms with Crippen LogP contribution in [0, 0.1) is 12.7 Å². The lowest BCUT2D eigenvalue weighted by atomic mass is 9.81. The highest BCUT2D eigenvalue weighted by atomic mass is 19.1. The molecule has 0 radical (unpaired) electrons. The van der Waals surface area contributed by atoms with Crippen LogP contribution in [0.2, 0.25) is 0 Å². The number of pyridine rings is 2. The summed E-state index contributed by atoms with van der Waals surface area (Å²) in [7, 11) is 5.98. The minimum absolute atomic E-state index is 0.00892. The average Bonchev–Trinajstić information content (AvgIpc) is 1.50. The minimum Gasteiger partial charge on any atom is -0.458 e. The molecule has 560 valence electrons. The number of nitrogens with two attached hydrogens (primary N) is 1. The Kier molecular flexibility index (Phi) is 25.9. The molecular weight excluding hydrogens is 1370 g/mol. The number of methoxy groups -OCH3 is 1. The largest absolute Gasteiger partial charge is 0.458 e. The number of aromatic nitrogens is 2. The van der Waals surface area contributed by atoms with E-state index in [1.54, 1.807) is 44.2 Å². The van der Waals surface area contributed by atoms with Crippen molar-refractivity contribution in [1.29, 1.82) is 0 Å². The monoisotopic (exact) mass is 1460 g/mol. The predicted octanol–water partition coefficient (Wildman–Crippen LogP) is -5.82. The number of alkyl carbamates (subject to hydrolysis) is 1. The van der Waals surface area contributed by atoms with Gasteiger partial charge in [0.15, 0.2) is 17.9 Å². The van der Waals surface area contributed by atoms with Gasteiger partial charge < -0.3 is 107 Å². The number of hydrogen-bond donors (Lipinski definition) is 12. The van der Waals surface area contributed by atoms with Crippen LogP contribution in [0.1, 0.15) is 77.6 Å². The number of esters is 1. The highest BCUT2D eigenvalue weighted by Gasteiger charge is 2.49. The molecule has 3 aliphatic heterocycles. The average molecular weight is 1460 g/mol. The van der Waals surface area contributed by atoms with E-state index in [9.17, 15) is 87.2 Å². The van der Waals surface area contributed by atoms with Gasteiger partial charge in [-0.15, -0.1) is 0 Å². The number of nitrogens with zero attached hydrogens (tertiary/aromatic N) is 6. The molecule has 8 atom stereocenters. The van der Waals surface area contributed by atoms with Gasteiger partial charge in [0.1, 0.15) is 50.1 Å². The number of aliphatic hydroxyl groups excluding tert-OH is 2. The predicted molar refractivity (Wildman–Crippen MR) is 356 cm³/mol. The molecule has 13 amide bonds. The van der Waals surface area contributed by atoms with Crippen LogP contribution in [-0.4, -0.2) is 258 Å². The van der Waals surface area contributed by atoms with Crippen molar-refractivity contribution in [3.8, 4) is 11.4 Å². The summed E-state index contributed by atoms with van der Waals surface area (Å²) in [6.07, 6.45) is -9.05. The zero-order chi connectivity index (χ0) is 76.2. The summed E-state index contributed by atoms with van der Waals surface area (Å²) in [5, 5.41) is 52.8. The summed E-state index contributed by atoms with van der Waals surface area (Å²) in [5.41, 5.74) is 6.44. The van der Waals surface area contributed by atoms with Crippen LogP contribution in [0.3, 0.4) is 0 Å². The third kappa shape index (κ3) is 18.6. The molecule has 2 aromatic carbocycles. The van der Waals surface area contributed by atoms with Gasteiger partial charge in [0.25, 0.3) is 11.5 Å². The van der Waals surface area contributed by atoms with Crippen LogP contribution in [-0.2, 0) is 113 Å². The van der Waals surface area contributed by atoms with Crippen molar-refractivity contribution in [1.82, 2.24) is 71.7 Å². The quantitative estimate of drug-likeness (QED) is 0.0112. The Hall–Kier alpha value is -11.1. The third-order valence-corrected chi connectivity index (χ3v) is 18.0. The van der Waals surface area contributed by atoms with Gasteiger partial charge >= 0.3 is 12.1 Å². The van der Waals surface area contributed by atoms with E-state index in [0.29, 0.717) is 57.4 Å². The number of carbonyl (C=O) groups is 14. The summed E-state index contributed by atoms with van der Waals surface area (Å²) in [5.74, 6) is -11.2. The van der Waals surface area contributed by atoms with Crippen molar-refractivity contribution in [3.63, 3.8) is 0 Å². The van der Waals surface area contributed by atoms with E-state index in [2.05, 4.69) is 47.3 Å². The number of aliphatic hydroxyl groups is 3. The third-order valence-electron chi connectivity index (χ3n) is 18.0. The number of nitrogens with one attached hydrogen (secondary N) is 8. The molecule has 4 aliphatic rings. The maximum absolute atomic E-state index is 15.5. The number of likely N-dealkylation sites (N-methyl/N-ethyl adjacent to an activating group) is 4. The number of rotatable bonds is 31. The van der Waals surface area contributed by atoms with E-state index in [4.69, 9.17) is 24.9 Å². The fourth-order valence-corrected chi connectivity index (χ4v) is 12.1. The molecule has 1 saturated heterocycles. The molecule has 0 bridgehead atoms. The number of primary amides is 1. The van der Waals surface area contributed by atoms with Crippen molar-refractivity contribution in [3.05, 3.63) is 97.6 Å². The summed E-state index contributed by atoms with van der Waals surface area (Å²) in [6.45, 7) is -2.33. The smallest absolute Gasteiger partial charge is 0.407 e. The Bertz CT molecular complexity index is 4140. The number of aryl methyl sites for hydroxylation is 1. The van der Waals surface area contributed by atoms with Crippen molar-refractivity contribution in [2.75, 3.05) is 94.5 Å². The molecule has 13 N–H and O–H groups in total. The van der Waals surface area contributed by atoms with E-state index in [-0.39, 0.29) is 49.2 Å². The van der Waals surface area contributed by atoms with Gasteiger partial charge in [-0.3, -0.25) is 62.3 Å². The normalized spacial score (nSPS) is 18.6. The van der Waals surface area contributed by atoms with Crippen molar-refractivity contribution in [2.45, 2.75) is 114 Å². The molecule has 8 rings (SSSR count). The van der Waals surface area contributed by atoms with Gasteiger partial charge in [0, 0.05) is 63.6 Å². The van der Waals surface area contributed by atoms with E-state index < -0.39 is 208 Å². The maximum atomic E-state index is 15.5. The van der Waals surface area contributed by atoms with Gasteiger partial charge in [-0.25, -0.2) is 19.0 Å². The first-order valence-corrected chi connectivity index (χ1v) is 32.8. The van der Waals surface area contributed by atoms with Gasteiger partial charge in [0.05, 0.1) is 88.0 Å². The summed E-state index contributed by atoms with van der Waals surface area (Å²) >= 11 is 0. The Morgan fingerprint density at radius 2 is 1.37 bits per heavy atom. The van der Waals surface area contributed by atoms with Gasteiger partial charge in [0.2, 0.25) is 65.0 Å². The number of ether oxygens (including phenoxy) is 4. The van der Waals surface area contributed by atoms with Gasteiger partial charge in [-0.2, -0.15) is 0 Å². The number of benzene rings is 2. The molecule has 1 unspecified atom stereocenters. The number of fused-ring (bicyclic) bond motifs is 5. The van der Waals surface area contributed by atoms with Gasteiger partial charge in [-0.1, -0.05) is 37.3 Å². The van der Waals surface area contributed by atoms with Crippen LogP contribution in [0.5, 0.6) is 0 Å². The lowest BCUT2D eigenvalue weighted by Gasteiger charge is -2.31.